The highest BCUT2D eigenvalue weighted by molar-refractivity contribution is 5.85. The van der Waals surface area contributed by atoms with Crippen LogP contribution in [0.3, 0.4) is 0 Å². The second-order valence-corrected chi connectivity index (χ2v) is 6.77. The number of halogens is 1. The Morgan fingerprint density at radius 1 is 1.07 bits per heavy atom. The van der Waals surface area contributed by atoms with Crippen molar-refractivity contribution in [3.05, 3.63) is 66.8 Å². The van der Waals surface area contributed by atoms with Gasteiger partial charge in [-0.25, -0.2) is 14.4 Å². The Kier molecular flexibility index (Phi) is 4.92. The highest BCUT2D eigenvalue weighted by Gasteiger charge is 2.41. The van der Waals surface area contributed by atoms with Crippen LogP contribution in [-0.4, -0.2) is 32.9 Å². The van der Waals surface area contributed by atoms with Crippen LogP contribution in [0.4, 0.5) is 21.7 Å². The van der Waals surface area contributed by atoms with Crippen molar-refractivity contribution in [2.24, 2.45) is 0 Å². The van der Waals surface area contributed by atoms with Gasteiger partial charge in [0.15, 0.2) is 0 Å². The lowest BCUT2D eigenvalue weighted by Crippen LogP contribution is -2.42. The van der Waals surface area contributed by atoms with Crippen LogP contribution in [0.2, 0.25) is 0 Å². The highest BCUT2D eigenvalue weighted by atomic mass is 19.1. The van der Waals surface area contributed by atoms with Crippen molar-refractivity contribution in [2.75, 3.05) is 16.8 Å². The third-order valence-electron chi connectivity index (χ3n) is 5.10. The summed E-state index contributed by atoms with van der Waals surface area (Å²) in [5, 5.41) is 3.19. The molecule has 0 unspecified atom stereocenters. The number of anilines is 3. The SMILES string of the molecule is O=CN(c1cccnc1)c1cnc(NCC2(c3ncccc3F)CCC2)nc1. The molecule has 0 atom stereocenters. The number of carbonyl (C=O) groups is 1. The molecule has 8 heteroatoms. The number of carbonyl (C=O) groups excluding carboxylic acids is 1. The predicted octanol–water partition coefficient (Wildman–Crippen LogP) is 3.23. The number of nitrogens with zero attached hydrogens (tertiary/aromatic N) is 5. The van der Waals surface area contributed by atoms with Gasteiger partial charge in [0.1, 0.15) is 5.82 Å². The first-order valence-electron chi connectivity index (χ1n) is 9.03. The van der Waals surface area contributed by atoms with E-state index in [1.54, 1.807) is 49.2 Å². The molecule has 3 aromatic heterocycles. The minimum atomic E-state index is -0.335. The molecule has 1 N–H and O–H groups in total. The van der Waals surface area contributed by atoms with E-state index in [4.69, 9.17) is 0 Å². The first-order chi connectivity index (χ1) is 13.7. The zero-order valence-corrected chi connectivity index (χ0v) is 15.1. The van der Waals surface area contributed by atoms with E-state index in [1.165, 1.54) is 11.0 Å². The lowest BCUT2D eigenvalue weighted by atomic mass is 9.66. The predicted molar refractivity (Wildman–Crippen MR) is 103 cm³/mol. The van der Waals surface area contributed by atoms with Crippen molar-refractivity contribution in [3.63, 3.8) is 0 Å². The molecule has 1 amide bonds. The molecule has 0 bridgehead atoms. The molecule has 1 saturated carbocycles. The number of hydrogen-bond acceptors (Lipinski definition) is 6. The fraction of sp³-hybridized carbons (Fsp3) is 0.250. The third-order valence-corrected chi connectivity index (χ3v) is 5.10. The van der Waals surface area contributed by atoms with E-state index in [0.29, 0.717) is 36.0 Å². The van der Waals surface area contributed by atoms with Gasteiger partial charge >= 0.3 is 0 Å². The highest BCUT2D eigenvalue weighted by Crippen LogP contribution is 2.43. The molecule has 0 spiro atoms. The molecule has 0 aromatic carbocycles. The molecule has 7 nitrogen and oxygen atoms in total. The number of nitrogens with one attached hydrogen (secondary N) is 1. The molecule has 0 radical (unpaired) electrons. The van der Waals surface area contributed by atoms with Crippen molar-refractivity contribution in [3.8, 4) is 0 Å². The van der Waals surface area contributed by atoms with E-state index in [1.807, 2.05) is 0 Å². The molecule has 0 aliphatic heterocycles. The maximum absolute atomic E-state index is 14.2. The van der Waals surface area contributed by atoms with Crippen LogP contribution < -0.4 is 10.2 Å². The van der Waals surface area contributed by atoms with E-state index in [9.17, 15) is 9.18 Å². The molecule has 1 aliphatic rings. The van der Waals surface area contributed by atoms with Crippen LogP contribution in [0.1, 0.15) is 25.0 Å². The summed E-state index contributed by atoms with van der Waals surface area (Å²) in [7, 11) is 0. The second kappa shape index (κ2) is 7.67. The monoisotopic (exact) mass is 378 g/mol. The Morgan fingerprint density at radius 3 is 2.46 bits per heavy atom. The lowest BCUT2D eigenvalue weighted by Gasteiger charge is -2.41. The summed E-state index contributed by atoms with van der Waals surface area (Å²) in [6.07, 6.45) is 11.4. The van der Waals surface area contributed by atoms with Crippen LogP contribution >= 0.6 is 0 Å². The Bertz CT molecular complexity index is 946. The molecule has 142 valence electrons. The van der Waals surface area contributed by atoms with Crippen LogP contribution in [0.5, 0.6) is 0 Å². The van der Waals surface area contributed by atoms with Gasteiger partial charge in [0.25, 0.3) is 0 Å². The minimum absolute atomic E-state index is 0.279. The molecule has 1 fully saturated rings. The zero-order valence-electron chi connectivity index (χ0n) is 15.1. The number of pyridine rings is 2. The third kappa shape index (κ3) is 3.40. The molecule has 4 rings (SSSR count). The summed E-state index contributed by atoms with van der Waals surface area (Å²) in [5.41, 5.74) is 1.32. The summed E-state index contributed by atoms with van der Waals surface area (Å²) in [6.45, 7) is 0.500. The standard InChI is InChI=1S/C20H19FN6O/c21-17-5-2-9-23-18(17)20(6-3-7-20)13-26-19-24-11-16(12-25-19)27(14-28)15-4-1-8-22-10-15/h1-2,4-5,8-12,14H,3,6-7,13H2,(H,24,25,26). The van der Waals surface area contributed by atoms with Crippen LogP contribution in [0.25, 0.3) is 0 Å². The van der Waals surface area contributed by atoms with E-state index < -0.39 is 0 Å². The quantitative estimate of drug-likeness (QED) is 0.636. The van der Waals surface area contributed by atoms with Crippen LogP contribution in [-0.2, 0) is 10.2 Å². The summed E-state index contributed by atoms with van der Waals surface area (Å²) < 4.78 is 14.2. The average Bonchev–Trinajstić information content (AvgIpc) is 2.71. The summed E-state index contributed by atoms with van der Waals surface area (Å²) in [5.74, 6) is 0.141. The maximum atomic E-state index is 14.2. The summed E-state index contributed by atoms with van der Waals surface area (Å²) >= 11 is 0. The topological polar surface area (TPSA) is 83.9 Å². The van der Waals surface area contributed by atoms with Crippen molar-refractivity contribution in [1.29, 1.82) is 0 Å². The van der Waals surface area contributed by atoms with Gasteiger partial charge in [0, 0.05) is 24.4 Å². The second-order valence-electron chi connectivity index (χ2n) is 6.77. The number of hydrogen-bond donors (Lipinski definition) is 1. The summed E-state index contributed by atoms with van der Waals surface area (Å²) in [6, 6.07) is 6.56. The van der Waals surface area contributed by atoms with Crippen molar-refractivity contribution < 1.29 is 9.18 Å². The van der Waals surface area contributed by atoms with Gasteiger partial charge in [-0.3, -0.25) is 19.7 Å². The van der Waals surface area contributed by atoms with Gasteiger partial charge in [-0.1, -0.05) is 6.42 Å². The number of amides is 1. The minimum Gasteiger partial charge on any atom is -0.353 e. The molecule has 3 heterocycles. The average molecular weight is 378 g/mol. The number of aromatic nitrogens is 4. The Morgan fingerprint density at radius 2 is 1.86 bits per heavy atom. The van der Waals surface area contributed by atoms with Crippen molar-refractivity contribution in [2.45, 2.75) is 24.7 Å². The zero-order chi connectivity index (χ0) is 19.4. The van der Waals surface area contributed by atoms with Gasteiger partial charge in [-0.2, -0.15) is 0 Å². The smallest absolute Gasteiger partial charge is 0.222 e. The van der Waals surface area contributed by atoms with Crippen molar-refractivity contribution >= 4 is 23.7 Å². The molecule has 0 saturated heterocycles. The molecule has 28 heavy (non-hydrogen) atoms. The van der Waals surface area contributed by atoms with E-state index in [2.05, 4.69) is 25.3 Å². The molecular weight excluding hydrogens is 359 g/mol. The fourth-order valence-electron chi connectivity index (χ4n) is 3.43. The first-order valence-corrected chi connectivity index (χ1v) is 9.03. The normalized spacial score (nSPS) is 14.8. The number of rotatable bonds is 7. The van der Waals surface area contributed by atoms with Gasteiger partial charge in [0.2, 0.25) is 12.4 Å². The van der Waals surface area contributed by atoms with Crippen molar-refractivity contribution in [1.82, 2.24) is 19.9 Å². The summed E-state index contributed by atoms with van der Waals surface area (Å²) in [4.78, 5) is 29.7. The van der Waals surface area contributed by atoms with Gasteiger partial charge in [-0.05, 0) is 37.1 Å². The largest absolute Gasteiger partial charge is 0.353 e. The maximum Gasteiger partial charge on any atom is 0.222 e. The molecular formula is C20H19FN6O. The molecule has 3 aromatic rings. The first kappa shape index (κ1) is 18.0. The van der Waals surface area contributed by atoms with E-state index in [0.717, 1.165) is 19.3 Å². The van der Waals surface area contributed by atoms with Crippen LogP contribution in [0, 0.1) is 5.82 Å². The Hall–Kier alpha value is -3.42. The van der Waals surface area contributed by atoms with E-state index in [-0.39, 0.29) is 11.2 Å². The Labute approximate surface area is 161 Å². The van der Waals surface area contributed by atoms with E-state index >= 15 is 0 Å². The van der Waals surface area contributed by atoms with Crippen LogP contribution in [0.15, 0.2) is 55.2 Å². The fourth-order valence-corrected chi connectivity index (χ4v) is 3.43. The molecule has 1 aliphatic carbocycles. The Balaban J connectivity index is 1.48. The van der Waals surface area contributed by atoms with Gasteiger partial charge < -0.3 is 5.32 Å². The van der Waals surface area contributed by atoms with Gasteiger partial charge in [-0.15, -0.1) is 0 Å². The lowest BCUT2D eigenvalue weighted by molar-refractivity contribution is -0.106. The van der Waals surface area contributed by atoms with Gasteiger partial charge in [0.05, 0.1) is 35.7 Å².